The third-order valence-corrected chi connectivity index (χ3v) is 1.19. The Morgan fingerprint density at radius 3 is 1.75 bits per heavy atom. The number of morpholine rings is 1. The summed E-state index contributed by atoms with van der Waals surface area (Å²) in [5.74, 6) is 0. The smallest absolute Gasteiger partial charge is 0.209 e. The number of hydrogen-bond acceptors (Lipinski definition) is 2. The van der Waals surface area contributed by atoms with E-state index in [1.165, 1.54) is 0 Å². The van der Waals surface area contributed by atoms with E-state index in [1.54, 1.807) is 4.90 Å². The zero-order valence-corrected chi connectivity index (χ0v) is 8.67. The Hall–Kier alpha value is -0.570. The molecule has 12 heavy (non-hydrogen) atoms. The molecular formula is C9H21NO2. The lowest BCUT2D eigenvalue weighted by Gasteiger charge is -2.21. The molecular weight excluding hydrogens is 154 g/mol. The highest BCUT2D eigenvalue weighted by Gasteiger charge is 2.05. The standard InChI is InChI=1S/C5H9NO2.2C2H6/c7-5-6-1-3-8-4-2-6;2*1-2/h5H,1-4H2;2*1-2H3. The van der Waals surface area contributed by atoms with E-state index in [2.05, 4.69) is 0 Å². The average Bonchev–Trinajstić information content (AvgIpc) is 2.25. The van der Waals surface area contributed by atoms with E-state index in [-0.39, 0.29) is 0 Å². The average molecular weight is 175 g/mol. The third-order valence-electron chi connectivity index (χ3n) is 1.19. The van der Waals surface area contributed by atoms with Crippen LogP contribution < -0.4 is 0 Å². The molecule has 0 spiro atoms. The Labute approximate surface area is 75.7 Å². The summed E-state index contributed by atoms with van der Waals surface area (Å²) in [6.07, 6.45) is 0.864. The van der Waals surface area contributed by atoms with E-state index in [4.69, 9.17) is 4.74 Å². The predicted molar refractivity (Wildman–Crippen MR) is 51.2 cm³/mol. The van der Waals surface area contributed by atoms with Crippen molar-refractivity contribution in [2.75, 3.05) is 26.3 Å². The summed E-state index contributed by atoms with van der Waals surface area (Å²) in [7, 11) is 0. The highest BCUT2D eigenvalue weighted by Crippen LogP contribution is 1.90. The first-order valence-corrected chi connectivity index (χ1v) is 4.70. The van der Waals surface area contributed by atoms with Gasteiger partial charge in [-0.05, 0) is 0 Å². The topological polar surface area (TPSA) is 29.5 Å². The third kappa shape index (κ3) is 7.54. The summed E-state index contributed by atoms with van der Waals surface area (Å²) < 4.78 is 5.00. The number of nitrogens with zero attached hydrogens (tertiary/aromatic N) is 1. The van der Waals surface area contributed by atoms with Crippen LogP contribution >= 0.6 is 0 Å². The van der Waals surface area contributed by atoms with Crippen LogP contribution in [0.2, 0.25) is 0 Å². The fraction of sp³-hybridized carbons (Fsp3) is 0.889. The van der Waals surface area contributed by atoms with Crippen LogP contribution in [0.15, 0.2) is 0 Å². The molecule has 3 heteroatoms. The van der Waals surface area contributed by atoms with Crippen molar-refractivity contribution in [3.8, 4) is 0 Å². The fourth-order valence-electron chi connectivity index (χ4n) is 0.683. The zero-order valence-electron chi connectivity index (χ0n) is 8.67. The molecule has 0 bridgehead atoms. The SMILES string of the molecule is CC.CC.O=CN1CCOCC1. The van der Waals surface area contributed by atoms with Crippen LogP contribution in [-0.2, 0) is 9.53 Å². The largest absolute Gasteiger partial charge is 0.378 e. The Kier molecular flexibility index (Phi) is 15.2. The first kappa shape index (κ1) is 14.0. The van der Waals surface area contributed by atoms with Gasteiger partial charge in [0.1, 0.15) is 0 Å². The van der Waals surface area contributed by atoms with Crippen molar-refractivity contribution in [3.05, 3.63) is 0 Å². The second-order valence-electron chi connectivity index (χ2n) is 1.75. The lowest BCUT2D eigenvalue weighted by atomic mass is 10.5. The molecule has 1 saturated heterocycles. The summed E-state index contributed by atoms with van der Waals surface area (Å²) in [6.45, 7) is 10.9. The lowest BCUT2D eigenvalue weighted by molar-refractivity contribution is -0.121. The molecule has 0 radical (unpaired) electrons. The van der Waals surface area contributed by atoms with Gasteiger partial charge in [0.05, 0.1) is 13.2 Å². The molecule has 74 valence electrons. The predicted octanol–water partition coefficient (Wildman–Crippen LogP) is 1.53. The molecule has 0 aliphatic carbocycles. The molecule has 1 fully saturated rings. The summed E-state index contributed by atoms with van der Waals surface area (Å²) >= 11 is 0. The molecule has 0 unspecified atom stereocenters. The summed E-state index contributed by atoms with van der Waals surface area (Å²) in [5.41, 5.74) is 0. The number of hydrogen-bond donors (Lipinski definition) is 0. The molecule has 1 aliphatic heterocycles. The first-order chi connectivity index (χ1) is 5.93. The second-order valence-corrected chi connectivity index (χ2v) is 1.75. The molecule has 0 aromatic carbocycles. The molecule has 0 N–H and O–H groups in total. The summed E-state index contributed by atoms with van der Waals surface area (Å²) in [6, 6.07) is 0. The van der Waals surface area contributed by atoms with Crippen molar-refractivity contribution in [2.24, 2.45) is 0 Å². The molecule has 0 aromatic heterocycles. The zero-order chi connectivity index (χ0) is 9.82. The maximum Gasteiger partial charge on any atom is 0.209 e. The van der Waals surface area contributed by atoms with Crippen molar-refractivity contribution in [3.63, 3.8) is 0 Å². The maximum atomic E-state index is 10.0. The van der Waals surface area contributed by atoms with Crippen molar-refractivity contribution < 1.29 is 9.53 Å². The Morgan fingerprint density at radius 1 is 1.08 bits per heavy atom. The van der Waals surface area contributed by atoms with Gasteiger partial charge < -0.3 is 9.64 Å². The number of ether oxygens (including phenoxy) is 1. The van der Waals surface area contributed by atoms with Gasteiger partial charge in [-0.2, -0.15) is 0 Å². The molecule has 0 saturated carbocycles. The molecule has 3 nitrogen and oxygen atoms in total. The van der Waals surface area contributed by atoms with Gasteiger partial charge in [-0.15, -0.1) is 0 Å². The molecule has 0 atom stereocenters. The van der Waals surface area contributed by atoms with Crippen molar-refractivity contribution in [1.29, 1.82) is 0 Å². The van der Waals surface area contributed by atoms with Gasteiger partial charge in [0.15, 0.2) is 0 Å². The van der Waals surface area contributed by atoms with Gasteiger partial charge >= 0.3 is 0 Å². The van der Waals surface area contributed by atoms with E-state index in [1.807, 2.05) is 27.7 Å². The van der Waals surface area contributed by atoms with Gasteiger partial charge in [-0.25, -0.2) is 0 Å². The van der Waals surface area contributed by atoms with E-state index in [0.717, 1.165) is 19.5 Å². The highest BCUT2D eigenvalue weighted by molar-refractivity contribution is 5.46. The number of carbonyl (C=O) groups excluding carboxylic acids is 1. The first-order valence-electron chi connectivity index (χ1n) is 4.70. The molecule has 1 aliphatic rings. The molecule has 1 heterocycles. The van der Waals surface area contributed by atoms with E-state index < -0.39 is 0 Å². The summed E-state index contributed by atoms with van der Waals surface area (Å²) in [4.78, 5) is 11.7. The quantitative estimate of drug-likeness (QED) is 0.566. The van der Waals surface area contributed by atoms with Crippen LogP contribution in [0.25, 0.3) is 0 Å². The van der Waals surface area contributed by atoms with Gasteiger partial charge in [0.25, 0.3) is 0 Å². The normalized spacial score (nSPS) is 14.8. The van der Waals surface area contributed by atoms with Gasteiger partial charge in [0.2, 0.25) is 6.41 Å². The second kappa shape index (κ2) is 13.1. The Bertz CT molecular complexity index is 80.6. The van der Waals surface area contributed by atoms with Crippen LogP contribution in [0.5, 0.6) is 0 Å². The minimum atomic E-state index is 0.693. The fourth-order valence-corrected chi connectivity index (χ4v) is 0.683. The van der Waals surface area contributed by atoms with Gasteiger partial charge in [-0.1, -0.05) is 27.7 Å². The number of carbonyl (C=O) groups is 1. The van der Waals surface area contributed by atoms with E-state index >= 15 is 0 Å². The lowest BCUT2D eigenvalue weighted by Crippen LogP contribution is -2.34. The van der Waals surface area contributed by atoms with E-state index in [0.29, 0.717) is 13.2 Å². The highest BCUT2D eigenvalue weighted by atomic mass is 16.5. The van der Waals surface area contributed by atoms with Crippen molar-refractivity contribution in [2.45, 2.75) is 27.7 Å². The minimum Gasteiger partial charge on any atom is -0.378 e. The Balaban J connectivity index is 0. The molecule has 1 amide bonds. The Morgan fingerprint density at radius 2 is 1.50 bits per heavy atom. The van der Waals surface area contributed by atoms with Gasteiger partial charge in [-0.3, -0.25) is 4.79 Å². The van der Waals surface area contributed by atoms with Crippen LogP contribution in [-0.4, -0.2) is 37.6 Å². The number of amides is 1. The maximum absolute atomic E-state index is 10.0. The van der Waals surface area contributed by atoms with Crippen molar-refractivity contribution >= 4 is 6.41 Å². The number of rotatable bonds is 1. The van der Waals surface area contributed by atoms with Gasteiger partial charge in [0, 0.05) is 13.1 Å². The monoisotopic (exact) mass is 175 g/mol. The van der Waals surface area contributed by atoms with Crippen LogP contribution in [0.3, 0.4) is 0 Å². The van der Waals surface area contributed by atoms with Crippen LogP contribution in [0.4, 0.5) is 0 Å². The van der Waals surface area contributed by atoms with Crippen LogP contribution in [0.1, 0.15) is 27.7 Å². The van der Waals surface area contributed by atoms with Crippen LogP contribution in [0, 0.1) is 0 Å². The molecule has 1 rings (SSSR count). The minimum absolute atomic E-state index is 0.693. The van der Waals surface area contributed by atoms with Crippen molar-refractivity contribution in [1.82, 2.24) is 4.90 Å². The van der Waals surface area contributed by atoms with E-state index in [9.17, 15) is 4.79 Å². The molecule has 0 aromatic rings. The summed E-state index contributed by atoms with van der Waals surface area (Å²) in [5, 5.41) is 0.